The van der Waals surface area contributed by atoms with Crippen LogP contribution in [0.5, 0.6) is 0 Å². The molecule has 0 aliphatic heterocycles. The van der Waals surface area contributed by atoms with Gasteiger partial charge in [-0.15, -0.1) is 11.8 Å². The van der Waals surface area contributed by atoms with Crippen LogP contribution in [0.2, 0.25) is 0 Å². The van der Waals surface area contributed by atoms with Crippen molar-refractivity contribution in [2.75, 3.05) is 5.75 Å². The van der Waals surface area contributed by atoms with Crippen molar-refractivity contribution in [3.05, 3.63) is 84.7 Å². The molecule has 0 aliphatic rings. The van der Waals surface area contributed by atoms with Gasteiger partial charge in [-0.3, -0.25) is 0 Å². The fraction of sp³-hybridized carbons (Fsp3) is 0.231. The van der Waals surface area contributed by atoms with Crippen molar-refractivity contribution in [3.8, 4) is 16.9 Å². The van der Waals surface area contributed by atoms with Gasteiger partial charge in [0.2, 0.25) is 0 Å². The van der Waals surface area contributed by atoms with E-state index in [1.807, 2.05) is 30.0 Å². The minimum atomic E-state index is -0.185. The Morgan fingerprint density at radius 1 is 0.828 bits per heavy atom. The van der Waals surface area contributed by atoms with Crippen LogP contribution in [0.4, 0.5) is 4.39 Å². The van der Waals surface area contributed by atoms with Gasteiger partial charge in [-0.2, -0.15) is 0 Å². The Bertz CT molecular complexity index is 1070. The van der Waals surface area contributed by atoms with E-state index in [0.29, 0.717) is 0 Å². The zero-order valence-corrected chi connectivity index (χ0v) is 17.6. The molecule has 0 amide bonds. The molecule has 148 valence electrons. The summed E-state index contributed by atoms with van der Waals surface area (Å²) in [6.45, 7) is 2.23. The molecule has 1 heterocycles. The highest BCUT2D eigenvalue weighted by Gasteiger charge is 2.20. The first-order valence-electron chi connectivity index (χ1n) is 10.4. The number of para-hydroxylation sites is 1. The van der Waals surface area contributed by atoms with E-state index in [1.54, 1.807) is 12.1 Å². The van der Waals surface area contributed by atoms with E-state index < -0.39 is 0 Å². The molecule has 0 spiro atoms. The second-order valence-electron chi connectivity index (χ2n) is 7.29. The normalized spacial score (nSPS) is 11.2. The Kier molecular flexibility index (Phi) is 6.36. The van der Waals surface area contributed by atoms with Crippen LogP contribution in [-0.4, -0.2) is 10.3 Å². The van der Waals surface area contributed by atoms with Gasteiger partial charge >= 0.3 is 0 Å². The number of nitrogens with zero attached hydrogens (tertiary/aromatic N) is 1. The van der Waals surface area contributed by atoms with Crippen LogP contribution in [0.1, 0.15) is 32.6 Å². The summed E-state index contributed by atoms with van der Waals surface area (Å²) in [5.41, 5.74) is 4.45. The van der Waals surface area contributed by atoms with Gasteiger partial charge < -0.3 is 4.57 Å². The van der Waals surface area contributed by atoms with Crippen LogP contribution in [0.3, 0.4) is 0 Å². The van der Waals surface area contributed by atoms with Crippen molar-refractivity contribution in [3.63, 3.8) is 0 Å². The molecular weight excluding hydrogens is 377 g/mol. The first-order chi connectivity index (χ1) is 14.3. The summed E-state index contributed by atoms with van der Waals surface area (Å²) in [5.74, 6) is 0.861. The quantitative estimate of drug-likeness (QED) is 0.212. The molecule has 3 heteroatoms. The number of hydrogen-bond donors (Lipinski definition) is 0. The third kappa shape index (κ3) is 4.25. The molecule has 3 aromatic carbocycles. The van der Waals surface area contributed by atoms with Crippen molar-refractivity contribution < 1.29 is 4.39 Å². The number of halogens is 1. The van der Waals surface area contributed by atoms with Gasteiger partial charge in [0.1, 0.15) is 5.82 Å². The number of rotatable bonds is 8. The molecule has 0 saturated heterocycles. The third-order valence-corrected chi connectivity index (χ3v) is 6.38. The fourth-order valence-electron chi connectivity index (χ4n) is 3.79. The van der Waals surface area contributed by atoms with E-state index in [-0.39, 0.29) is 5.82 Å². The van der Waals surface area contributed by atoms with Gasteiger partial charge in [-0.05, 0) is 48.1 Å². The summed E-state index contributed by atoms with van der Waals surface area (Å²) in [7, 11) is 0. The molecule has 0 fully saturated rings. The van der Waals surface area contributed by atoms with Crippen LogP contribution >= 0.6 is 11.8 Å². The molecule has 0 unspecified atom stereocenters. The van der Waals surface area contributed by atoms with Gasteiger partial charge in [0, 0.05) is 16.0 Å². The van der Waals surface area contributed by atoms with Crippen LogP contribution < -0.4 is 0 Å². The maximum atomic E-state index is 14.2. The van der Waals surface area contributed by atoms with Crippen LogP contribution in [0.25, 0.3) is 27.8 Å². The van der Waals surface area contributed by atoms with Crippen molar-refractivity contribution in [2.45, 2.75) is 37.5 Å². The predicted octanol–water partition coefficient (Wildman–Crippen LogP) is 8.11. The molecule has 0 aliphatic carbocycles. The lowest BCUT2D eigenvalue weighted by Crippen LogP contribution is -1.97. The van der Waals surface area contributed by atoms with E-state index in [9.17, 15) is 4.39 Å². The summed E-state index contributed by atoms with van der Waals surface area (Å²) in [6.07, 6.45) is 4.93. The van der Waals surface area contributed by atoms with Gasteiger partial charge in [-0.1, -0.05) is 74.7 Å². The molecule has 0 N–H and O–H groups in total. The largest absolute Gasteiger partial charge is 0.308 e. The summed E-state index contributed by atoms with van der Waals surface area (Å²) < 4.78 is 16.5. The Hall–Kier alpha value is -2.52. The fourth-order valence-corrected chi connectivity index (χ4v) is 5.00. The average Bonchev–Trinajstić information content (AvgIpc) is 3.08. The van der Waals surface area contributed by atoms with Crippen molar-refractivity contribution in [1.82, 2.24) is 4.57 Å². The summed E-state index contributed by atoms with van der Waals surface area (Å²) in [4.78, 5) is 1.17. The first-order valence-corrected chi connectivity index (χ1v) is 11.4. The number of hydrogen-bond acceptors (Lipinski definition) is 1. The number of thioether (sulfide) groups is 1. The molecule has 29 heavy (non-hydrogen) atoms. The van der Waals surface area contributed by atoms with Crippen molar-refractivity contribution >= 4 is 22.7 Å². The molecular formula is C26H26FNS. The number of benzene rings is 3. The lowest BCUT2D eigenvalue weighted by atomic mass is 10.1. The average molecular weight is 404 g/mol. The highest BCUT2D eigenvalue weighted by molar-refractivity contribution is 7.99. The molecule has 0 atom stereocenters. The third-order valence-electron chi connectivity index (χ3n) is 5.19. The molecule has 4 aromatic rings. The van der Waals surface area contributed by atoms with Crippen LogP contribution in [-0.2, 0) is 0 Å². The lowest BCUT2D eigenvalue weighted by molar-refractivity contribution is 0.629. The maximum Gasteiger partial charge on any atom is 0.124 e. The smallest absolute Gasteiger partial charge is 0.124 e. The molecule has 0 radical (unpaired) electrons. The van der Waals surface area contributed by atoms with E-state index in [2.05, 4.69) is 60.0 Å². The Morgan fingerprint density at radius 2 is 1.55 bits per heavy atom. The van der Waals surface area contributed by atoms with Crippen LogP contribution in [0, 0.1) is 5.82 Å². The number of fused-ring (bicyclic) bond motifs is 1. The highest BCUT2D eigenvalue weighted by atomic mass is 32.2. The minimum absolute atomic E-state index is 0.185. The van der Waals surface area contributed by atoms with E-state index >= 15 is 0 Å². The van der Waals surface area contributed by atoms with E-state index in [1.165, 1.54) is 30.6 Å². The summed E-state index contributed by atoms with van der Waals surface area (Å²) >= 11 is 1.86. The molecule has 0 bridgehead atoms. The Balaban J connectivity index is 1.90. The topological polar surface area (TPSA) is 4.93 Å². The van der Waals surface area contributed by atoms with Crippen LogP contribution in [0.15, 0.2) is 83.8 Å². The summed E-state index contributed by atoms with van der Waals surface area (Å²) in [6, 6.07) is 26.0. The van der Waals surface area contributed by atoms with Gasteiger partial charge in [-0.25, -0.2) is 4.39 Å². The second kappa shape index (κ2) is 9.32. The first kappa shape index (κ1) is 19.8. The zero-order chi connectivity index (χ0) is 20.1. The highest BCUT2D eigenvalue weighted by Crippen LogP contribution is 2.42. The van der Waals surface area contributed by atoms with E-state index in [0.717, 1.165) is 33.6 Å². The van der Waals surface area contributed by atoms with Crippen molar-refractivity contribution in [1.29, 1.82) is 0 Å². The monoisotopic (exact) mass is 403 g/mol. The Morgan fingerprint density at radius 3 is 2.28 bits per heavy atom. The second-order valence-corrected chi connectivity index (χ2v) is 8.39. The molecule has 4 rings (SSSR count). The lowest BCUT2D eigenvalue weighted by Gasteiger charge is -2.13. The van der Waals surface area contributed by atoms with Gasteiger partial charge in [0.25, 0.3) is 0 Å². The summed E-state index contributed by atoms with van der Waals surface area (Å²) in [5, 5.41) is 0.994. The van der Waals surface area contributed by atoms with Crippen molar-refractivity contribution in [2.24, 2.45) is 0 Å². The molecule has 1 nitrogen and oxygen atoms in total. The van der Waals surface area contributed by atoms with Gasteiger partial charge in [0.15, 0.2) is 0 Å². The van der Waals surface area contributed by atoms with Gasteiger partial charge in [0.05, 0.1) is 11.2 Å². The zero-order valence-electron chi connectivity index (χ0n) is 16.8. The molecule has 1 aromatic heterocycles. The maximum absolute atomic E-state index is 14.2. The number of unbranched alkanes of at least 4 members (excludes halogenated alkanes) is 3. The standard InChI is InChI=1S/C26H26FNS/c1-2-3-4-11-18-29-26-23-19-21(27)16-17-24(23)28(22-14-9-6-10-15-22)25(26)20-12-7-5-8-13-20/h5-10,12-17,19H,2-4,11,18H2,1H3. The minimum Gasteiger partial charge on any atom is -0.308 e. The number of aromatic nitrogens is 1. The SMILES string of the molecule is CCCCCCSc1c(-c2ccccc2)n(-c2ccccc2)c2ccc(F)cc12. The predicted molar refractivity (Wildman–Crippen MR) is 124 cm³/mol. The molecule has 0 saturated carbocycles. The Labute approximate surface area is 176 Å². The van der Waals surface area contributed by atoms with E-state index in [4.69, 9.17) is 0 Å².